The molecule has 0 radical (unpaired) electrons. The van der Waals surface area contributed by atoms with Gasteiger partial charge in [0.15, 0.2) is 5.75 Å². The van der Waals surface area contributed by atoms with E-state index in [0.717, 1.165) is 16.6 Å². The number of benzene rings is 2. The first-order valence-corrected chi connectivity index (χ1v) is 7.61. The van der Waals surface area contributed by atoms with Crippen molar-refractivity contribution >= 4 is 34.2 Å². The summed E-state index contributed by atoms with van der Waals surface area (Å²) in [7, 11) is 0. The average molecular weight is 321 g/mol. The molecule has 2 heterocycles. The number of fused-ring (bicyclic) bond motifs is 2. The normalized spacial score (nSPS) is 13.5. The molecule has 2 N–H and O–H groups in total. The molecule has 1 aliphatic heterocycles. The molecule has 0 bridgehead atoms. The number of ether oxygens (including phenoxy) is 1. The van der Waals surface area contributed by atoms with Gasteiger partial charge in [0.1, 0.15) is 6.54 Å². The summed E-state index contributed by atoms with van der Waals surface area (Å²) in [5, 5.41) is 3.95. The van der Waals surface area contributed by atoms with Gasteiger partial charge in [0, 0.05) is 17.4 Å². The number of amides is 1. The summed E-state index contributed by atoms with van der Waals surface area (Å²) in [4.78, 5) is 28.9. The van der Waals surface area contributed by atoms with Crippen LogP contribution in [0.3, 0.4) is 0 Å². The zero-order chi connectivity index (χ0) is 16.5. The molecular weight excluding hydrogens is 306 g/mol. The van der Waals surface area contributed by atoms with E-state index in [0.29, 0.717) is 11.4 Å². The second-order valence-corrected chi connectivity index (χ2v) is 5.63. The quantitative estimate of drug-likeness (QED) is 0.574. The third kappa shape index (κ3) is 2.69. The molecule has 0 saturated heterocycles. The number of aromatic nitrogens is 1. The van der Waals surface area contributed by atoms with Crippen LogP contribution in [0.15, 0.2) is 54.7 Å². The molecule has 120 valence electrons. The van der Waals surface area contributed by atoms with Crippen LogP contribution in [0.4, 0.5) is 11.4 Å². The van der Waals surface area contributed by atoms with Crippen LogP contribution in [0, 0.1) is 0 Å². The van der Waals surface area contributed by atoms with Gasteiger partial charge in [0.05, 0.1) is 12.2 Å². The number of esters is 1. The lowest BCUT2D eigenvalue weighted by atomic mass is 10.2. The Hall–Kier alpha value is -3.28. The number of H-pyrrole nitrogens is 1. The Morgan fingerprint density at radius 3 is 3.00 bits per heavy atom. The van der Waals surface area contributed by atoms with Crippen molar-refractivity contribution in [3.05, 3.63) is 54.7 Å². The number of hydrogen-bond donors (Lipinski definition) is 2. The first-order valence-electron chi connectivity index (χ1n) is 7.61. The summed E-state index contributed by atoms with van der Waals surface area (Å²) < 4.78 is 5.18. The maximum absolute atomic E-state index is 12.4. The number of nitrogens with one attached hydrogen (secondary N) is 2. The number of carbonyl (C=O) groups excluding carboxylic acids is 2. The van der Waals surface area contributed by atoms with E-state index in [1.165, 1.54) is 0 Å². The van der Waals surface area contributed by atoms with Crippen LogP contribution >= 0.6 is 0 Å². The van der Waals surface area contributed by atoms with Crippen molar-refractivity contribution in [1.82, 2.24) is 4.98 Å². The largest absolute Gasteiger partial charge is 0.423 e. The van der Waals surface area contributed by atoms with Gasteiger partial charge in [-0.2, -0.15) is 0 Å². The molecule has 1 aromatic heterocycles. The molecule has 2 aromatic carbocycles. The Bertz CT molecular complexity index is 932. The summed E-state index contributed by atoms with van der Waals surface area (Å²) in [6.07, 6.45) is 1.85. The molecule has 0 saturated carbocycles. The van der Waals surface area contributed by atoms with Gasteiger partial charge in [-0.1, -0.05) is 18.2 Å². The zero-order valence-corrected chi connectivity index (χ0v) is 12.8. The van der Waals surface area contributed by atoms with Crippen LogP contribution in [0.1, 0.15) is 0 Å². The molecule has 6 heteroatoms. The fourth-order valence-electron chi connectivity index (χ4n) is 2.84. The maximum atomic E-state index is 12.4. The lowest BCUT2D eigenvalue weighted by Crippen LogP contribution is -2.41. The van der Waals surface area contributed by atoms with E-state index in [1.807, 2.05) is 42.6 Å². The number of anilines is 2. The summed E-state index contributed by atoms with van der Waals surface area (Å²) >= 11 is 0. The monoisotopic (exact) mass is 321 g/mol. The molecular formula is C18H15N3O3. The van der Waals surface area contributed by atoms with Gasteiger partial charge in [-0.25, -0.2) is 4.79 Å². The number of carbonyl (C=O) groups is 2. The fourth-order valence-corrected chi connectivity index (χ4v) is 2.84. The number of nitrogens with zero attached hydrogens (tertiary/aromatic N) is 1. The van der Waals surface area contributed by atoms with Gasteiger partial charge in [0.25, 0.3) is 0 Å². The van der Waals surface area contributed by atoms with Gasteiger partial charge >= 0.3 is 5.97 Å². The first-order chi connectivity index (χ1) is 11.7. The second kappa shape index (κ2) is 5.73. The topological polar surface area (TPSA) is 74.4 Å². The molecule has 4 rings (SSSR count). The van der Waals surface area contributed by atoms with E-state index in [4.69, 9.17) is 4.74 Å². The summed E-state index contributed by atoms with van der Waals surface area (Å²) in [5.74, 6) is -0.0749. The van der Waals surface area contributed by atoms with Crippen LogP contribution < -0.4 is 15.0 Å². The van der Waals surface area contributed by atoms with Gasteiger partial charge in [-0.3, -0.25) is 4.79 Å². The van der Waals surface area contributed by atoms with Crippen LogP contribution in [0.25, 0.3) is 10.9 Å². The Kier molecular flexibility index (Phi) is 3.42. The number of aromatic amines is 1. The lowest BCUT2D eigenvalue weighted by molar-refractivity contribution is -0.133. The SMILES string of the molecule is O=C(CN1CC(=O)Oc2ccccc21)Nc1ccc2cc[nH]c2c1. The van der Waals surface area contributed by atoms with E-state index in [1.54, 1.807) is 17.0 Å². The van der Waals surface area contributed by atoms with E-state index < -0.39 is 0 Å². The van der Waals surface area contributed by atoms with Crippen molar-refractivity contribution in [2.24, 2.45) is 0 Å². The van der Waals surface area contributed by atoms with Gasteiger partial charge < -0.3 is 19.9 Å². The predicted octanol–water partition coefficient (Wildman–Crippen LogP) is 2.53. The smallest absolute Gasteiger partial charge is 0.331 e. The summed E-state index contributed by atoms with van der Waals surface area (Å²) in [6.45, 7) is 0.134. The first kappa shape index (κ1) is 14.3. The molecule has 6 nitrogen and oxygen atoms in total. The molecule has 0 fully saturated rings. The van der Waals surface area contributed by atoms with E-state index in [9.17, 15) is 9.59 Å². The molecule has 24 heavy (non-hydrogen) atoms. The molecule has 0 unspecified atom stereocenters. The molecule has 1 amide bonds. The number of para-hydroxylation sites is 2. The van der Waals surface area contributed by atoms with Crippen molar-refractivity contribution in [1.29, 1.82) is 0 Å². The highest BCUT2D eigenvalue weighted by Gasteiger charge is 2.25. The average Bonchev–Trinajstić information content (AvgIpc) is 3.02. The lowest BCUT2D eigenvalue weighted by Gasteiger charge is -2.29. The second-order valence-electron chi connectivity index (χ2n) is 5.63. The zero-order valence-electron chi connectivity index (χ0n) is 12.8. The van der Waals surface area contributed by atoms with Gasteiger partial charge in [0.2, 0.25) is 5.91 Å². The van der Waals surface area contributed by atoms with Gasteiger partial charge in [-0.15, -0.1) is 0 Å². The van der Waals surface area contributed by atoms with Gasteiger partial charge in [-0.05, 0) is 35.7 Å². The number of hydrogen-bond acceptors (Lipinski definition) is 4. The Morgan fingerprint density at radius 1 is 1.21 bits per heavy atom. The van der Waals surface area contributed by atoms with Crippen molar-refractivity contribution in [3.8, 4) is 5.75 Å². The Morgan fingerprint density at radius 2 is 2.08 bits per heavy atom. The molecule has 3 aromatic rings. The maximum Gasteiger partial charge on any atom is 0.331 e. The highest BCUT2D eigenvalue weighted by molar-refractivity contribution is 5.97. The fraction of sp³-hybridized carbons (Fsp3) is 0.111. The summed E-state index contributed by atoms with van der Waals surface area (Å²) in [6, 6.07) is 14.8. The third-order valence-corrected chi connectivity index (χ3v) is 3.92. The van der Waals surface area contributed by atoms with Crippen molar-refractivity contribution in [3.63, 3.8) is 0 Å². The van der Waals surface area contributed by atoms with Crippen LogP contribution in [-0.4, -0.2) is 29.9 Å². The number of rotatable bonds is 3. The molecule has 1 aliphatic rings. The Labute approximate surface area is 138 Å². The minimum Gasteiger partial charge on any atom is -0.423 e. The highest BCUT2D eigenvalue weighted by Crippen LogP contribution is 2.31. The highest BCUT2D eigenvalue weighted by atomic mass is 16.5. The van der Waals surface area contributed by atoms with Crippen LogP contribution in [-0.2, 0) is 9.59 Å². The van der Waals surface area contributed by atoms with E-state index in [-0.39, 0.29) is 25.0 Å². The molecule has 0 spiro atoms. The third-order valence-electron chi connectivity index (χ3n) is 3.92. The standard InChI is InChI=1S/C18H15N3O3/c22-17(20-13-6-5-12-7-8-19-14(12)9-13)10-21-11-18(23)24-16-4-2-1-3-15(16)21/h1-9,19H,10-11H2,(H,20,22). The molecule has 0 aliphatic carbocycles. The van der Waals surface area contributed by atoms with Crippen molar-refractivity contribution in [2.45, 2.75) is 0 Å². The van der Waals surface area contributed by atoms with Crippen LogP contribution in [0.5, 0.6) is 5.75 Å². The Balaban J connectivity index is 1.50. The van der Waals surface area contributed by atoms with Crippen molar-refractivity contribution < 1.29 is 14.3 Å². The summed E-state index contributed by atoms with van der Waals surface area (Å²) in [5.41, 5.74) is 2.41. The van der Waals surface area contributed by atoms with Crippen LogP contribution in [0.2, 0.25) is 0 Å². The minimum absolute atomic E-state index is 0.0557. The van der Waals surface area contributed by atoms with E-state index in [2.05, 4.69) is 10.3 Å². The molecule has 0 atom stereocenters. The minimum atomic E-state index is -0.366. The predicted molar refractivity (Wildman–Crippen MR) is 91.2 cm³/mol. The van der Waals surface area contributed by atoms with Crippen molar-refractivity contribution in [2.75, 3.05) is 23.3 Å². The van der Waals surface area contributed by atoms with E-state index >= 15 is 0 Å².